The predicted octanol–water partition coefficient (Wildman–Crippen LogP) is 2.81. The van der Waals surface area contributed by atoms with Crippen molar-refractivity contribution in [1.82, 2.24) is 9.80 Å². The van der Waals surface area contributed by atoms with Gasteiger partial charge < -0.3 is 15.1 Å². The molecular weight excluding hydrogens is 262 g/mol. The quantitative estimate of drug-likeness (QED) is 0.873. The lowest BCUT2D eigenvalue weighted by Crippen LogP contribution is -2.39. The lowest BCUT2D eigenvalue weighted by atomic mass is 10.1. The van der Waals surface area contributed by atoms with Gasteiger partial charge in [-0.3, -0.25) is 4.79 Å². The molecule has 0 saturated carbocycles. The van der Waals surface area contributed by atoms with Crippen LogP contribution >= 0.6 is 0 Å². The highest BCUT2D eigenvalue weighted by Crippen LogP contribution is 2.21. The Bertz CT molecular complexity index is 546. The Kier molecular flexibility index (Phi) is 4.68. The number of nitrogens with zero attached hydrogens (tertiary/aromatic N) is 2. The molecule has 1 aliphatic rings. The highest BCUT2D eigenvalue weighted by molar-refractivity contribution is 5.79. The van der Waals surface area contributed by atoms with Crippen LogP contribution in [0.3, 0.4) is 0 Å². The molecule has 1 aliphatic heterocycles. The van der Waals surface area contributed by atoms with Crippen LogP contribution in [0.4, 0.5) is 5.69 Å². The van der Waals surface area contributed by atoms with Crippen LogP contribution in [-0.2, 0) is 11.2 Å². The fourth-order valence-electron chi connectivity index (χ4n) is 2.10. The molecule has 1 fully saturated rings. The Labute approximate surface area is 126 Å². The predicted molar refractivity (Wildman–Crippen MR) is 86.7 cm³/mol. The number of nitrogens with one attached hydrogen (secondary N) is 1. The Hall–Kier alpha value is -2.23. The van der Waals surface area contributed by atoms with Crippen molar-refractivity contribution < 1.29 is 4.79 Å². The van der Waals surface area contributed by atoms with E-state index >= 15 is 0 Å². The Morgan fingerprint density at radius 3 is 2.48 bits per heavy atom. The van der Waals surface area contributed by atoms with E-state index in [-0.39, 0.29) is 5.91 Å². The van der Waals surface area contributed by atoms with Crippen LogP contribution in [-0.4, -0.2) is 36.3 Å². The zero-order valence-corrected chi connectivity index (χ0v) is 12.9. The molecule has 2 rings (SSSR count). The highest BCUT2D eigenvalue weighted by atomic mass is 16.2. The Morgan fingerprint density at radius 2 is 2.00 bits per heavy atom. The molecule has 112 valence electrons. The fraction of sp³-hybridized carbons (Fsp3) is 0.353. The average Bonchev–Trinajstić information content (AvgIpc) is 2.44. The maximum Gasteiger partial charge on any atom is 0.227 e. The van der Waals surface area contributed by atoms with Gasteiger partial charge in [-0.2, -0.15) is 0 Å². The molecule has 0 spiro atoms. The van der Waals surface area contributed by atoms with E-state index in [4.69, 9.17) is 0 Å². The van der Waals surface area contributed by atoms with Crippen molar-refractivity contribution in [2.45, 2.75) is 19.3 Å². The molecule has 0 radical (unpaired) electrons. The largest absolute Gasteiger partial charge is 0.365 e. The molecule has 0 atom stereocenters. The first-order valence-corrected chi connectivity index (χ1v) is 7.17. The second kappa shape index (κ2) is 6.48. The number of amides is 1. The first-order valence-electron chi connectivity index (χ1n) is 7.17. The maximum absolute atomic E-state index is 11.9. The third-order valence-electron chi connectivity index (χ3n) is 3.72. The smallest absolute Gasteiger partial charge is 0.227 e. The van der Waals surface area contributed by atoms with Gasteiger partial charge in [0.1, 0.15) is 0 Å². The van der Waals surface area contributed by atoms with Gasteiger partial charge in [0, 0.05) is 44.9 Å². The minimum Gasteiger partial charge on any atom is -0.365 e. The van der Waals surface area contributed by atoms with Crippen LogP contribution in [0.15, 0.2) is 48.9 Å². The van der Waals surface area contributed by atoms with Gasteiger partial charge in [0.15, 0.2) is 0 Å². The summed E-state index contributed by atoms with van der Waals surface area (Å²) in [7, 11) is 3.89. The summed E-state index contributed by atoms with van der Waals surface area (Å²) in [5.74, 6) is 1.02. The molecule has 0 unspecified atom stereocenters. The number of aryl methyl sites for hydroxylation is 1. The number of hydrogen-bond donors (Lipinski definition) is 1. The monoisotopic (exact) mass is 285 g/mol. The van der Waals surface area contributed by atoms with Crippen LogP contribution in [0.2, 0.25) is 0 Å². The zero-order valence-electron chi connectivity index (χ0n) is 12.9. The number of hydrogen-bond acceptors (Lipinski definition) is 3. The number of likely N-dealkylation sites (tertiary alicyclic amines) is 1. The van der Waals surface area contributed by atoms with Gasteiger partial charge >= 0.3 is 0 Å². The number of carbonyl (C=O) groups is 1. The van der Waals surface area contributed by atoms with Crippen LogP contribution in [0.1, 0.15) is 18.4 Å². The van der Waals surface area contributed by atoms with Crippen molar-refractivity contribution in [2.75, 3.05) is 26.0 Å². The van der Waals surface area contributed by atoms with E-state index in [1.54, 1.807) is 4.90 Å². The second-order valence-electron chi connectivity index (χ2n) is 5.52. The van der Waals surface area contributed by atoms with Crippen molar-refractivity contribution >= 4 is 11.6 Å². The van der Waals surface area contributed by atoms with Crippen molar-refractivity contribution in [2.24, 2.45) is 0 Å². The molecule has 1 N–H and O–H groups in total. The summed E-state index contributed by atoms with van der Waals surface area (Å²) in [6.45, 7) is 8.61. The minimum atomic E-state index is 0.175. The van der Waals surface area contributed by atoms with Gasteiger partial charge in [0.2, 0.25) is 5.91 Å². The molecule has 1 aromatic carbocycles. The lowest BCUT2D eigenvalue weighted by molar-refractivity contribution is -0.131. The van der Waals surface area contributed by atoms with Gasteiger partial charge in [-0.25, -0.2) is 0 Å². The van der Waals surface area contributed by atoms with Crippen molar-refractivity contribution in [3.05, 3.63) is 54.5 Å². The third kappa shape index (κ3) is 3.88. The molecule has 4 heteroatoms. The second-order valence-corrected chi connectivity index (χ2v) is 5.52. The normalized spacial score (nSPS) is 13.6. The summed E-state index contributed by atoms with van der Waals surface area (Å²) in [6, 6.07) is 8.11. The molecule has 1 amide bonds. The summed E-state index contributed by atoms with van der Waals surface area (Å²) in [5.41, 5.74) is 3.11. The van der Waals surface area contributed by atoms with Gasteiger partial charge in [-0.05, 0) is 24.1 Å². The molecule has 0 aliphatic carbocycles. The van der Waals surface area contributed by atoms with Crippen molar-refractivity contribution in [3.63, 3.8) is 0 Å². The molecule has 1 aromatic rings. The summed E-state index contributed by atoms with van der Waals surface area (Å²) < 4.78 is 0. The number of benzene rings is 1. The third-order valence-corrected chi connectivity index (χ3v) is 3.72. The summed E-state index contributed by atoms with van der Waals surface area (Å²) in [5, 5.41) is 3.22. The highest BCUT2D eigenvalue weighted by Gasteiger charge is 2.23. The number of anilines is 1. The first-order chi connectivity index (χ1) is 9.97. The Morgan fingerprint density at radius 1 is 1.33 bits per heavy atom. The lowest BCUT2D eigenvalue weighted by Gasteiger charge is -2.33. The van der Waals surface area contributed by atoms with E-state index in [9.17, 15) is 4.79 Å². The number of rotatable bonds is 6. The Balaban J connectivity index is 1.83. The van der Waals surface area contributed by atoms with Crippen LogP contribution in [0, 0.1) is 0 Å². The van der Waals surface area contributed by atoms with E-state index in [1.165, 1.54) is 0 Å². The summed E-state index contributed by atoms with van der Waals surface area (Å²) in [4.78, 5) is 15.6. The topological polar surface area (TPSA) is 35.6 Å². The minimum absolute atomic E-state index is 0.175. The molecule has 1 heterocycles. The van der Waals surface area contributed by atoms with Crippen molar-refractivity contribution in [1.29, 1.82) is 0 Å². The number of carbonyl (C=O) groups excluding carboxylic acids is 1. The van der Waals surface area contributed by atoms with Crippen molar-refractivity contribution in [3.8, 4) is 0 Å². The average molecular weight is 285 g/mol. The van der Waals surface area contributed by atoms with Crippen LogP contribution in [0.5, 0.6) is 0 Å². The molecular formula is C17H23N3O. The van der Waals surface area contributed by atoms with Gasteiger partial charge in [0.05, 0.1) is 5.82 Å². The molecule has 4 nitrogen and oxygen atoms in total. The standard InChI is InChI=1S/C17H23N3O/c1-13-11-12-20(13)17(21)10-7-15-5-8-16(9-6-15)18-14(2)19(3)4/h5-6,8-9,18H,1-2,7,10-12H2,3-4H3. The van der Waals surface area contributed by atoms with Crippen LogP contribution in [0.25, 0.3) is 0 Å². The molecule has 0 aromatic heterocycles. The van der Waals surface area contributed by atoms with E-state index in [1.807, 2.05) is 43.3 Å². The van der Waals surface area contributed by atoms with E-state index in [2.05, 4.69) is 18.5 Å². The zero-order chi connectivity index (χ0) is 15.4. The SMILES string of the molecule is C=C(Nc1ccc(CCC(=O)N2CCC2=C)cc1)N(C)C. The van der Waals surface area contributed by atoms with E-state index in [0.29, 0.717) is 6.42 Å². The van der Waals surface area contributed by atoms with Gasteiger partial charge in [-0.1, -0.05) is 25.3 Å². The van der Waals surface area contributed by atoms with Gasteiger partial charge in [-0.15, -0.1) is 0 Å². The molecule has 21 heavy (non-hydrogen) atoms. The van der Waals surface area contributed by atoms with Gasteiger partial charge in [0.25, 0.3) is 0 Å². The maximum atomic E-state index is 11.9. The van der Waals surface area contributed by atoms with Crippen LogP contribution < -0.4 is 5.32 Å². The molecule has 1 saturated heterocycles. The van der Waals surface area contributed by atoms with E-state index in [0.717, 1.165) is 42.2 Å². The molecule has 0 bridgehead atoms. The fourth-order valence-corrected chi connectivity index (χ4v) is 2.10. The van der Waals surface area contributed by atoms with E-state index < -0.39 is 0 Å². The summed E-state index contributed by atoms with van der Waals surface area (Å²) >= 11 is 0. The summed E-state index contributed by atoms with van der Waals surface area (Å²) in [6.07, 6.45) is 2.25. The first kappa shape index (κ1) is 15.2.